The molecule has 1 aromatic heterocycles. The molecule has 1 aliphatic rings. The number of nitrogens with two attached hydrogens (primary N) is 1. The summed E-state index contributed by atoms with van der Waals surface area (Å²) in [5.41, 5.74) is 7.46. The Morgan fingerprint density at radius 3 is 3.00 bits per heavy atom. The lowest BCUT2D eigenvalue weighted by Gasteiger charge is -2.11. The van der Waals surface area contributed by atoms with Gasteiger partial charge in [0.2, 0.25) is 0 Å². The number of hydrogen-bond acceptors (Lipinski definition) is 3. The van der Waals surface area contributed by atoms with Gasteiger partial charge in [-0.05, 0) is 37.0 Å². The predicted molar refractivity (Wildman–Crippen MR) is 72.1 cm³/mol. The molecule has 0 bridgehead atoms. The zero-order chi connectivity index (χ0) is 11.8. The van der Waals surface area contributed by atoms with Crippen LogP contribution in [-0.4, -0.2) is 11.6 Å². The predicted octanol–water partition coefficient (Wildman–Crippen LogP) is 3.37. The van der Waals surface area contributed by atoms with Gasteiger partial charge in [0.25, 0.3) is 0 Å². The van der Waals surface area contributed by atoms with Crippen LogP contribution in [0.15, 0.2) is 28.9 Å². The van der Waals surface area contributed by atoms with E-state index in [0.717, 1.165) is 27.7 Å². The number of aromatic nitrogens is 1. The van der Waals surface area contributed by atoms with Gasteiger partial charge in [-0.15, -0.1) is 0 Å². The first-order valence-electron chi connectivity index (χ1n) is 5.70. The minimum Gasteiger partial charge on any atom is -0.490 e. The smallest absolute Gasteiger partial charge is 0.153 e. The van der Waals surface area contributed by atoms with Gasteiger partial charge in [0.15, 0.2) is 5.75 Å². The van der Waals surface area contributed by atoms with E-state index < -0.39 is 0 Å². The Balaban J connectivity index is 2.04. The second kappa shape index (κ2) is 4.18. The molecule has 1 aromatic carbocycles. The van der Waals surface area contributed by atoms with E-state index >= 15 is 0 Å². The molecular formula is C13H13BrN2O. The van der Waals surface area contributed by atoms with Gasteiger partial charge in [-0.1, -0.05) is 15.9 Å². The number of halogens is 1. The summed E-state index contributed by atoms with van der Waals surface area (Å²) in [5.74, 6) is 1.48. The van der Waals surface area contributed by atoms with Crippen LogP contribution in [0.1, 0.15) is 12.8 Å². The van der Waals surface area contributed by atoms with Crippen LogP contribution < -0.4 is 10.5 Å². The van der Waals surface area contributed by atoms with Crippen molar-refractivity contribution in [1.29, 1.82) is 0 Å². The van der Waals surface area contributed by atoms with Crippen molar-refractivity contribution in [1.82, 2.24) is 4.98 Å². The van der Waals surface area contributed by atoms with Gasteiger partial charge in [-0.3, -0.25) is 4.98 Å². The summed E-state index contributed by atoms with van der Waals surface area (Å²) in [5, 5.41) is 0.972. The van der Waals surface area contributed by atoms with Gasteiger partial charge in [0.05, 0.1) is 24.0 Å². The van der Waals surface area contributed by atoms with Crippen molar-refractivity contribution in [3.05, 3.63) is 28.9 Å². The van der Waals surface area contributed by atoms with Crippen molar-refractivity contribution >= 4 is 32.5 Å². The summed E-state index contributed by atoms with van der Waals surface area (Å²) in [4.78, 5) is 4.30. The van der Waals surface area contributed by atoms with Crippen molar-refractivity contribution in [3.63, 3.8) is 0 Å². The average Bonchev–Trinajstić information content (AvgIpc) is 3.11. The molecule has 1 aliphatic carbocycles. The number of rotatable bonds is 3. The Bertz CT molecular complexity index is 561. The fourth-order valence-corrected chi connectivity index (χ4v) is 2.16. The van der Waals surface area contributed by atoms with E-state index in [4.69, 9.17) is 10.5 Å². The Morgan fingerprint density at radius 2 is 2.24 bits per heavy atom. The number of anilines is 1. The molecule has 0 atom stereocenters. The van der Waals surface area contributed by atoms with Crippen LogP contribution in [0.3, 0.4) is 0 Å². The second-order valence-electron chi connectivity index (χ2n) is 4.46. The lowest BCUT2D eigenvalue weighted by atomic mass is 10.2. The molecule has 4 heteroatoms. The average molecular weight is 293 g/mol. The second-order valence-corrected chi connectivity index (χ2v) is 5.37. The van der Waals surface area contributed by atoms with E-state index in [2.05, 4.69) is 20.9 Å². The monoisotopic (exact) mass is 292 g/mol. The molecule has 1 fully saturated rings. The van der Waals surface area contributed by atoms with Gasteiger partial charge >= 0.3 is 0 Å². The van der Waals surface area contributed by atoms with E-state index in [0.29, 0.717) is 11.6 Å². The number of pyridine rings is 1. The van der Waals surface area contributed by atoms with Crippen molar-refractivity contribution < 1.29 is 4.74 Å². The summed E-state index contributed by atoms with van der Waals surface area (Å²) in [6.45, 7) is 0.760. The molecule has 2 N–H and O–H groups in total. The minimum absolute atomic E-state index is 0.608. The molecule has 0 radical (unpaired) electrons. The molecule has 3 nitrogen and oxygen atoms in total. The first-order valence-corrected chi connectivity index (χ1v) is 6.50. The molecule has 2 aromatic rings. The summed E-state index contributed by atoms with van der Waals surface area (Å²) in [6, 6.07) is 5.93. The Hall–Kier alpha value is -1.29. The van der Waals surface area contributed by atoms with Gasteiger partial charge in [-0.2, -0.15) is 0 Å². The largest absolute Gasteiger partial charge is 0.490 e. The molecule has 0 unspecified atom stereocenters. The minimum atomic E-state index is 0.608. The summed E-state index contributed by atoms with van der Waals surface area (Å²) in [7, 11) is 0. The fourth-order valence-electron chi connectivity index (χ4n) is 1.80. The molecule has 0 aliphatic heterocycles. The van der Waals surface area contributed by atoms with Crippen LogP contribution >= 0.6 is 15.9 Å². The standard InChI is InChI=1S/C13H13BrN2O/c14-9-3-4-12-10(5-9)13(11(15)6-16-12)17-7-8-1-2-8/h3-6,8H,1-2,7,15H2. The van der Waals surface area contributed by atoms with E-state index in [9.17, 15) is 0 Å². The van der Waals surface area contributed by atoms with Crippen LogP contribution in [0.5, 0.6) is 5.75 Å². The summed E-state index contributed by atoms with van der Waals surface area (Å²) >= 11 is 3.46. The Morgan fingerprint density at radius 1 is 1.41 bits per heavy atom. The molecule has 0 amide bonds. The zero-order valence-electron chi connectivity index (χ0n) is 9.32. The zero-order valence-corrected chi connectivity index (χ0v) is 10.9. The molecule has 1 saturated carbocycles. The van der Waals surface area contributed by atoms with Crippen molar-refractivity contribution in [3.8, 4) is 5.75 Å². The third-order valence-corrected chi connectivity index (χ3v) is 3.46. The van der Waals surface area contributed by atoms with Gasteiger partial charge in [-0.25, -0.2) is 0 Å². The van der Waals surface area contributed by atoms with Crippen LogP contribution in [0, 0.1) is 5.92 Å². The molecule has 0 saturated heterocycles. The van der Waals surface area contributed by atoms with E-state index in [1.807, 2.05) is 18.2 Å². The van der Waals surface area contributed by atoms with E-state index in [-0.39, 0.29) is 0 Å². The SMILES string of the molecule is Nc1cnc2ccc(Br)cc2c1OCC1CC1. The molecule has 1 heterocycles. The molecule has 3 rings (SSSR count). The van der Waals surface area contributed by atoms with Crippen LogP contribution in [0.2, 0.25) is 0 Å². The molecule has 0 spiro atoms. The molecule has 88 valence electrons. The van der Waals surface area contributed by atoms with Crippen molar-refractivity contribution in [2.75, 3.05) is 12.3 Å². The lowest BCUT2D eigenvalue weighted by molar-refractivity contribution is 0.304. The number of benzene rings is 1. The molecule has 17 heavy (non-hydrogen) atoms. The highest BCUT2D eigenvalue weighted by atomic mass is 79.9. The maximum atomic E-state index is 5.94. The highest BCUT2D eigenvalue weighted by Gasteiger charge is 2.22. The van der Waals surface area contributed by atoms with Crippen LogP contribution in [0.25, 0.3) is 10.9 Å². The van der Waals surface area contributed by atoms with Gasteiger partial charge in [0.1, 0.15) is 0 Å². The maximum absolute atomic E-state index is 5.94. The first-order chi connectivity index (χ1) is 8.24. The number of fused-ring (bicyclic) bond motifs is 1. The van der Waals surface area contributed by atoms with Crippen LogP contribution in [0.4, 0.5) is 5.69 Å². The number of hydrogen-bond donors (Lipinski definition) is 1. The topological polar surface area (TPSA) is 48.1 Å². The number of nitrogens with zero attached hydrogens (tertiary/aromatic N) is 1. The third kappa shape index (κ3) is 2.22. The summed E-state index contributed by atoms with van der Waals surface area (Å²) < 4.78 is 6.85. The maximum Gasteiger partial charge on any atom is 0.153 e. The quantitative estimate of drug-likeness (QED) is 0.944. The van der Waals surface area contributed by atoms with Crippen LogP contribution in [-0.2, 0) is 0 Å². The van der Waals surface area contributed by atoms with E-state index in [1.165, 1.54) is 12.8 Å². The first kappa shape index (κ1) is 10.8. The Labute approximate surface area is 108 Å². The summed E-state index contributed by atoms with van der Waals surface area (Å²) in [6.07, 6.45) is 4.21. The number of ether oxygens (including phenoxy) is 1. The normalized spacial score (nSPS) is 15.1. The fraction of sp³-hybridized carbons (Fsp3) is 0.308. The van der Waals surface area contributed by atoms with Crippen molar-refractivity contribution in [2.24, 2.45) is 5.92 Å². The van der Waals surface area contributed by atoms with E-state index in [1.54, 1.807) is 6.20 Å². The highest BCUT2D eigenvalue weighted by Crippen LogP contribution is 2.35. The Kier molecular flexibility index (Phi) is 2.67. The molecular weight excluding hydrogens is 280 g/mol. The van der Waals surface area contributed by atoms with Gasteiger partial charge < -0.3 is 10.5 Å². The lowest BCUT2D eigenvalue weighted by Crippen LogP contribution is -2.03. The van der Waals surface area contributed by atoms with Gasteiger partial charge in [0, 0.05) is 9.86 Å². The van der Waals surface area contributed by atoms with Crippen molar-refractivity contribution in [2.45, 2.75) is 12.8 Å². The number of nitrogen functional groups attached to an aromatic ring is 1. The third-order valence-electron chi connectivity index (χ3n) is 2.97. The highest BCUT2D eigenvalue weighted by molar-refractivity contribution is 9.10.